The van der Waals surface area contributed by atoms with E-state index in [-0.39, 0.29) is 30.3 Å². The number of hydrogen-bond acceptors (Lipinski definition) is 2. The number of hydrogen-bond donors (Lipinski definition) is 1. The number of carbonyl (C=O) groups is 2. The summed E-state index contributed by atoms with van der Waals surface area (Å²) in [6.45, 7) is 6.90. The van der Waals surface area contributed by atoms with Gasteiger partial charge in [-0.15, -0.1) is 0 Å². The summed E-state index contributed by atoms with van der Waals surface area (Å²) in [5.41, 5.74) is 2.46. The van der Waals surface area contributed by atoms with Crippen LogP contribution in [-0.2, 0) is 16.0 Å². The van der Waals surface area contributed by atoms with Gasteiger partial charge in [-0.25, -0.2) is 0 Å². The van der Waals surface area contributed by atoms with Crippen LogP contribution in [0.3, 0.4) is 0 Å². The molecule has 1 fully saturated rings. The molecule has 1 aromatic rings. The van der Waals surface area contributed by atoms with Crippen molar-refractivity contribution in [2.75, 3.05) is 13.1 Å². The van der Waals surface area contributed by atoms with Gasteiger partial charge >= 0.3 is 0 Å². The Kier molecular flexibility index (Phi) is 4.99. The van der Waals surface area contributed by atoms with E-state index in [0.717, 1.165) is 12.8 Å². The number of nitrogens with zero attached hydrogens (tertiary/aromatic N) is 1. The molecule has 0 spiro atoms. The minimum Gasteiger partial charge on any atom is -0.342 e. The summed E-state index contributed by atoms with van der Waals surface area (Å²) in [6, 6.07) is 7.80. The summed E-state index contributed by atoms with van der Waals surface area (Å²) < 4.78 is 0. The SMILES string of the molecule is CCC(C)C1NC(=O)CN(CCc2ccccc2C)C1=O. The minimum atomic E-state index is -0.367. The van der Waals surface area contributed by atoms with Gasteiger partial charge in [0.15, 0.2) is 0 Å². The molecule has 1 N–H and O–H groups in total. The van der Waals surface area contributed by atoms with Crippen LogP contribution in [0.15, 0.2) is 24.3 Å². The van der Waals surface area contributed by atoms with E-state index >= 15 is 0 Å². The quantitative estimate of drug-likeness (QED) is 0.900. The van der Waals surface area contributed by atoms with Crippen molar-refractivity contribution < 1.29 is 9.59 Å². The summed E-state index contributed by atoms with van der Waals surface area (Å²) in [7, 11) is 0. The molecule has 0 aromatic heterocycles. The summed E-state index contributed by atoms with van der Waals surface area (Å²) in [5.74, 6) is 0.171. The van der Waals surface area contributed by atoms with E-state index in [9.17, 15) is 9.59 Å². The fourth-order valence-corrected chi connectivity index (χ4v) is 2.69. The number of carbonyl (C=O) groups excluding carboxylic acids is 2. The molecule has 114 valence electrons. The highest BCUT2D eigenvalue weighted by atomic mass is 16.2. The molecule has 0 radical (unpaired) electrons. The molecule has 2 rings (SSSR count). The van der Waals surface area contributed by atoms with Crippen molar-refractivity contribution in [1.29, 1.82) is 0 Å². The van der Waals surface area contributed by atoms with Crippen LogP contribution in [0.4, 0.5) is 0 Å². The molecule has 21 heavy (non-hydrogen) atoms. The first-order valence-corrected chi connectivity index (χ1v) is 7.65. The van der Waals surface area contributed by atoms with E-state index in [1.807, 2.05) is 26.0 Å². The van der Waals surface area contributed by atoms with Crippen LogP contribution in [-0.4, -0.2) is 35.8 Å². The first-order valence-electron chi connectivity index (χ1n) is 7.65. The van der Waals surface area contributed by atoms with E-state index in [4.69, 9.17) is 0 Å². The van der Waals surface area contributed by atoms with Crippen molar-refractivity contribution in [3.63, 3.8) is 0 Å². The number of piperazine rings is 1. The smallest absolute Gasteiger partial charge is 0.245 e. The predicted molar refractivity (Wildman–Crippen MR) is 82.8 cm³/mol. The number of aryl methyl sites for hydroxylation is 1. The molecule has 1 heterocycles. The first kappa shape index (κ1) is 15.5. The Morgan fingerprint density at radius 3 is 2.71 bits per heavy atom. The maximum absolute atomic E-state index is 12.5. The Hall–Kier alpha value is -1.84. The average Bonchev–Trinajstić information content (AvgIpc) is 2.48. The molecule has 1 saturated heterocycles. The van der Waals surface area contributed by atoms with Gasteiger partial charge in [-0.1, -0.05) is 44.5 Å². The summed E-state index contributed by atoms with van der Waals surface area (Å²) in [6.07, 6.45) is 1.67. The van der Waals surface area contributed by atoms with Crippen molar-refractivity contribution >= 4 is 11.8 Å². The highest BCUT2D eigenvalue weighted by Crippen LogP contribution is 2.15. The molecular formula is C17H24N2O2. The maximum atomic E-state index is 12.5. The zero-order chi connectivity index (χ0) is 15.4. The Bertz CT molecular complexity index is 527. The molecular weight excluding hydrogens is 264 g/mol. The Balaban J connectivity index is 2.03. The topological polar surface area (TPSA) is 49.4 Å². The summed E-state index contributed by atoms with van der Waals surface area (Å²) in [4.78, 5) is 26.0. The largest absolute Gasteiger partial charge is 0.342 e. The molecule has 1 aromatic carbocycles. The molecule has 0 bridgehead atoms. The van der Waals surface area contributed by atoms with Crippen molar-refractivity contribution in [3.05, 3.63) is 35.4 Å². The molecule has 4 heteroatoms. The van der Waals surface area contributed by atoms with Gasteiger partial charge in [0.2, 0.25) is 11.8 Å². The van der Waals surface area contributed by atoms with Gasteiger partial charge in [-0.05, 0) is 30.4 Å². The third-order valence-corrected chi connectivity index (χ3v) is 4.35. The highest BCUT2D eigenvalue weighted by Gasteiger charge is 2.35. The molecule has 0 aliphatic carbocycles. The summed E-state index contributed by atoms with van der Waals surface area (Å²) in [5, 5.41) is 2.83. The lowest BCUT2D eigenvalue weighted by molar-refractivity contribution is -0.145. The van der Waals surface area contributed by atoms with Gasteiger partial charge in [0, 0.05) is 6.54 Å². The molecule has 2 atom stereocenters. The monoisotopic (exact) mass is 288 g/mol. The van der Waals surface area contributed by atoms with Gasteiger partial charge in [0.1, 0.15) is 6.04 Å². The van der Waals surface area contributed by atoms with Crippen LogP contribution in [0.5, 0.6) is 0 Å². The third kappa shape index (κ3) is 3.63. The normalized spacial score (nSPS) is 20.3. The van der Waals surface area contributed by atoms with E-state index in [1.54, 1.807) is 4.90 Å². The van der Waals surface area contributed by atoms with E-state index in [0.29, 0.717) is 6.54 Å². The van der Waals surface area contributed by atoms with Crippen molar-refractivity contribution in [3.8, 4) is 0 Å². The van der Waals surface area contributed by atoms with E-state index in [1.165, 1.54) is 11.1 Å². The van der Waals surface area contributed by atoms with Gasteiger partial charge in [0.05, 0.1) is 6.54 Å². The Labute approximate surface area is 126 Å². The molecule has 4 nitrogen and oxygen atoms in total. The second-order valence-electron chi connectivity index (χ2n) is 5.87. The zero-order valence-corrected chi connectivity index (χ0v) is 13.1. The average molecular weight is 288 g/mol. The van der Waals surface area contributed by atoms with Crippen LogP contribution in [0, 0.1) is 12.8 Å². The van der Waals surface area contributed by atoms with Gasteiger partial charge < -0.3 is 10.2 Å². The lowest BCUT2D eigenvalue weighted by atomic mass is 9.96. The molecule has 1 aliphatic heterocycles. The summed E-state index contributed by atoms with van der Waals surface area (Å²) >= 11 is 0. The third-order valence-electron chi connectivity index (χ3n) is 4.35. The van der Waals surface area contributed by atoms with Crippen molar-refractivity contribution in [2.45, 2.75) is 39.7 Å². The molecule has 1 aliphatic rings. The second kappa shape index (κ2) is 6.74. The van der Waals surface area contributed by atoms with Gasteiger partial charge in [-0.2, -0.15) is 0 Å². The highest BCUT2D eigenvalue weighted by molar-refractivity contribution is 5.95. The number of nitrogens with one attached hydrogen (secondary N) is 1. The molecule has 0 saturated carbocycles. The lowest BCUT2D eigenvalue weighted by Gasteiger charge is -2.35. The van der Waals surface area contributed by atoms with Gasteiger partial charge in [0.25, 0.3) is 0 Å². The fraction of sp³-hybridized carbons (Fsp3) is 0.529. The zero-order valence-electron chi connectivity index (χ0n) is 13.1. The lowest BCUT2D eigenvalue weighted by Crippen LogP contribution is -2.60. The predicted octanol–water partition coefficient (Wildman–Crippen LogP) is 1.91. The van der Waals surface area contributed by atoms with Gasteiger partial charge in [-0.3, -0.25) is 9.59 Å². The molecule has 2 unspecified atom stereocenters. The minimum absolute atomic E-state index is 0.0512. The number of benzene rings is 1. The van der Waals surface area contributed by atoms with Crippen LogP contribution in [0.25, 0.3) is 0 Å². The van der Waals surface area contributed by atoms with Crippen LogP contribution < -0.4 is 5.32 Å². The van der Waals surface area contributed by atoms with Crippen molar-refractivity contribution in [1.82, 2.24) is 10.2 Å². The van der Waals surface area contributed by atoms with E-state index < -0.39 is 0 Å². The number of amides is 2. The first-order chi connectivity index (χ1) is 10.0. The number of rotatable bonds is 5. The standard InChI is InChI=1S/C17H24N2O2/c1-4-12(2)16-17(21)19(11-15(20)18-16)10-9-14-8-6-5-7-13(14)3/h5-8,12,16H,4,9-11H2,1-3H3,(H,18,20). The maximum Gasteiger partial charge on any atom is 0.245 e. The molecule has 2 amide bonds. The van der Waals surface area contributed by atoms with E-state index in [2.05, 4.69) is 24.4 Å². The van der Waals surface area contributed by atoms with Crippen molar-refractivity contribution in [2.24, 2.45) is 5.92 Å². The van der Waals surface area contributed by atoms with Crippen LogP contribution in [0.1, 0.15) is 31.4 Å². The second-order valence-corrected chi connectivity index (χ2v) is 5.87. The van der Waals surface area contributed by atoms with Crippen LogP contribution >= 0.6 is 0 Å². The Morgan fingerprint density at radius 1 is 1.33 bits per heavy atom. The van der Waals surface area contributed by atoms with Crippen LogP contribution in [0.2, 0.25) is 0 Å². The Morgan fingerprint density at radius 2 is 2.05 bits per heavy atom. The fourth-order valence-electron chi connectivity index (χ4n) is 2.69.